The van der Waals surface area contributed by atoms with Crippen LogP contribution in [0.25, 0.3) is 33.4 Å². The Morgan fingerprint density at radius 2 is 1.51 bits per heavy atom. The van der Waals surface area contributed by atoms with Crippen LogP contribution in [0.3, 0.4) is 0 Å². The second-order valence-corrected chi connectivity index (χ2v) is 9.91. The summed E-state index contributed by atoms with van der Waals surface area (Å²) in [4.78, 5) is 26.3. The molecule has 6 rings (SSSR count). The second kappa shape index (κ2) is 10.6. The molecular weight excluding hydrogens is 556 g/mol. The van der Waals surface area contributed by atoms with Crippen LogP contribution >= 0.6 is 0 Å². The Morgan fingerprint density at radius 1 is 0.767 bits per heavy atom. The molecule has 1 aliphatic rings. The number of Topliss-reactive ketones (excluding diaryl/α,β-unsaturated/α-hetero) is 1. The summed E-state index contributed by atoms with van der Waals surface area (Å²) in [5, 5.41) is 32.5. The van der Waals surface area contributed by atoms with Crippen LogP contribution in [0.15, 0.2) is 75.9 Å². The molecule has 5 aromatic rings. The number of phenolic OH excluding ortho intramolecular Hbond substituents is 3. The van der Waals surface area contributed by atoms with Crippen molar-refractivity contribution in [2.75, 3.05) is 21.3 Å². The van der Waals surface area contributed by atoms with Crippen molar-refractivity contribution in [1.29, 1.82) is 0 Å². The molecular formula is C33H26O10. The van der Waals surface area contributed by atoms with Crippen LogP contribution in [-0.4, -0.2) is 42.4 Å². The number of methoxy groups -OCH3 is 3. The van der Waals surface area contributed by atoms with Gasteiger partial charge in [-0.15, -0.1) is 0 Å². The number of phenols is 3. The van der Waals surface area contributed by atoms with Crippen molar-refractivity contribution in [2.24, 2.45) is 0 Å². The lowest BCUT2D eigenvalue weighted by Gasteiger charge is -2.27. The largest absolute Gasteiger partial charge is 0.507 e. The third kappa shape index (κ3) is 4.72. The first-order valence-corrected chi connectivity index (χ1v) is 13.2. The molecule has 218 valence electrons. The Labute approximate surface area is 244 Å². The molecule has 0 radical (unpaired) electrons. The molecule has 43 heavy (non-hydrogen) atoms. The van der Waals surface area contributed by atoms with Gasteiger partial charge in [-0.3, -0.25) is 9.59 Å². The molecule has 10 heteroatoms. The highest BCUT2D eigenvalue weighted by Crippen LogP contribution is 2.48. The van der Waals surface area contributed by atoms with E-state index in [1.54, 1.807) is 43.5 Å². The molecule has 1 unspecified atom stereocenters. The van der Waals surface area contributed by atoms with Crippen molar-refractivity contribution >= 4 is 16.8 Å². The third-order valence-electron chi connectivity index (χ3n) is 7.42. The van der Waals surface area contributed by atoms with Crippen LogP contribution in [0.4, 0.5) is 0 Å². The summed E-state index contributed by atoms with van der Waals surface area (Å²) >= 11 is 0. The molecule has 10 nitrogen and oxygen atoms in total. The van der Waals surface area contributed by atoms with Crippen molar-refractivity contribution < 1.29 is 43.5 Å². The van der Waals surface area contributed by atoms with E-state index in [1.807, 2.05) is 0 Å². The molecule has 0 amide bonds. The van der Waals surface area contributed by atoms with Gasteiger partial charge in [0.05, 0.1) is 33.3 Å². The summed E-state index contributed by atoms with van der Waals surface area (Å²) in [7, 11) is 4.37. The van der Waals surface area contributed by atoms with Crippen LogP contribution in [-0.2, 0) is 0 Å². The fraction of sp³-hybridized carbons (Fsp3) is 0.152. The summed E-state index contributed by atoms with van der Waals surface area (Å²) in [5.41, 5.74) is 0.961. The first-order valence-electron chi connectivity index (χ1n) is 13.2. The number of benzene rings is 4. The maximum Gasteiger partial charge on any atom is 0.197 e. The minimum absolute atomic E-state index is 0.0562. The molecule has 2 heterocycles. The van der Waals surface area contributed by atoms with Crippen LogP contribution in [0.2, 0.25) is 0 Å². The zero-order valence-electron chi connectivity index (χ0n) is 23.3. The van der Waals surface area contributed by atoms with Gasteiger partial charge in [-0.2, -0.15) is 0 Å². The Morgan fingerprint density at radius 3 is 2.21 bits per heavy atom. The van der Waals surface area contributed by atoms with Gasteiger partial charge in [-0.25, -0.2) is 0 Å². The molecule has 0 spiro atoms. The van der Waals surface area contributed by atoms with Gasteiger partial charge < -0.3 is 38.7 Å². The zero-order chi connectivity index (χ0) is 30.4. The number of carbonyl (C=O) groups is 1. The Hall–Kier alpha value is -5.64. The minimum atomic E-state index is -0.781. The van der Waals surface area contributed by atoms with E-state index in [1.165, 1.54) is 44.6 Å². The predicted octanol–water partition coefficient (Wildman–Crippen LogP) is 5.98. The van der Waals surface area contributed by atoms with E-state index in [4.69, 9.17) is 23.4 Å². The molecule has 1 atom stereocenters. The maximum atomic E-state index is 13.3. The Bertz CT molecular complexity index is 1960. The second-order valence-electron chi connectivity index (χ2n) is 9.91. The normalized spacial score (nSPS) is 14.2. The summed E-state index contributed by atoms with van der Waals surface area (Å²) in [5.74, 6) is 0.286. The first-order chi connectivity index (χ1) is 20.7. The number of ketones is 1. The van der Waals surface area contributed by atoms with E-state index < -0.39 is 17.3 Å². The minimum Gasteiger partial charge on any atom is -0.507 e. The quantitative estimate of drug-likeness (QED) is 0.219. The van der Waals surface area contributed by atoms with E-state index >= 15 is 0 Å². The number of carbonyl (C=O) groups excluding carboxylic acids is 1. The molecule has 3 N–H and O–H groups in total. The van der Waals surface area contributed by atoms with Crippen molar-refractivity contribution in [3.05, 3.63) is 88.1 Å². The monoisotopic (exact) mass is 582 g/mol. The SMILES string of the molecule is COc1ccc(-c2cc(=O)c3c(O)c(-c4cc(C5CC(=O)c6c(O)cc(OC)cc6O5)ccc4O)c(OC)cc3o2)cc1. The van der Waals surface area contributed by atoms with Crippen LogP contribution in [0, 0.1) is 0 Å². The van der Waals surface area contributed by atoms with Gasteiger partial charge in [0.1, 0.15) is 68.6 Å². The summed E-state index contributed by atoms with van der Waals surface area (Å²) in [6.45, 7) is 0. The maximum absolute atomic E-state index is 13.3. The van der Waals surface area contributed by atoms with E-state index in [2.05, 4.69) is 0 Å². The van der Waals surface area contributed by atoms with Crippen molar-refractivity contribution in [3.63, 3.8) is 0 Å². The highest BCUT2D eigenvalue weighted by atomic mass is 16.5. The number of hydrogen-bond acceptors (Lipinski definition) is 10. The van der Waals surface area contributed by atoms with Crippen molar-refractivity contribution in [3.8, 4) is 62.7 Å². The molecule has 0 bridgehead atoms. The van der Waals surface area contributed by atoms with E-state index in [0.717, 1.165) is 0 Å². The summed E-state index contributed by atoms with van der Waals surface area (Å²) in [6, 6.07) is 17.1. The number of aromatic hydroxyl groups is 3. The lowest BCUT2D eigenvalue weighted by molar-refractivity contribution is 0.0844. The van der Waals surface area contributed by atoms with Crippen LogP contribution < -0.4 is 24.4 Å². The number of hydrogen-bond donors (Lipinski definition) is 3. The van der Waals surface area contributed by atoms with Crippen molar-refractivity contribution in [2.45, 2.75) is 12.5 Å². The smallest absolute Gasteiger partial charge is 0.197 e. The average molecular weight is 583 g/mol. The molecule has 4 aromatic carbocycles. The number of fused-ring (bicyclic) bond motifs is 2. The standard InChI is InChI=1S/C33H26O10/c1-39-18-7-4-16(5-8-18)25-14-24(37)32-29(42-25)15-27(41-3)30(33(32)38)20-10-17(6-9-21(20)34)26-13-23(36)31-22(35)11-19(40-2)12-28(31)43-26/h4-12,14-15,26,34-35,38H,13H2,1-3H3. The molecule has 0 fully saturated rings. The van der Waals surface area contributed by atoms with Gasteiger partial charge in [0, 0.05) is 35.4 Å². The van der Waals surface area contributed by atoms with Gasteiger partial charge in [0.15, 0.2) is 11.2 Å². The van der Waals surface area contributed by atoms with Gasteiger partial charge in [0.2, 0.25) is 0 Å². The van der Waals surface area contributed by atoms with Gasteiger partial charge in [0.25, 0.3) is 0 Å². The van der Waals surface area contributed by atoms with Crippen LogP contribution in [0.5, 0.6) is 40.2 Å². The number of rotatable bonds is 6. The lowest BCUT2D eigenvalue weighted by Crippen LogP contribution is -2.20. The van der Waals surface area contributed by atoms with E-state index in [-0.39, 0.29) is 68.6 Å². The topological polar surface area (TPSA) is 145 Å². The average Bonchev–Trinajstić information content (AvgIpc) is 3.00. The molecule has 0 saturated carbocycles. The number of ether oxygens (including phenoxy) is 4. The molecule has 0 aliphatic carbocycles. The summed E-state index contributed by atoms with van der Waals surface area (Å²) in [6.07, 6.45) is -0.869. The van der Waals surface area contributed by atoms with Crippen molar-refractivity contribution in [1.82, 2.24) is 0 Å². The first kappa shape index (κ1) is 27.5. The zero-order valence-corrected chi connectivity index (χ0v) is 23.3. The lowest BCUT2D eigenvalue weighted by atomic mass is 9.92. The van der Waals surface area contributed by atoms with E-state index in [0.29, 0.717) is 22.6 Å². The van der Waals surface area contributed by atoms with E-state index in [9.17, 15) is 24.9 Å². The van der Waals surface area contributed by atoms with Crippen LogP contribution in [0.1, 0.15) is 28.4 Å². The molecule has 1 aliphatic heterocycles. The van der Waals surface area contributed by atoms with Gasteiger partial charge in [-0.1, -0.05) is 6.07 Å². The Kier molecular flexibility index (Phi) is 6.81. The third-order valence-corrected chi connectivity index (χ3v) is 7.42. The fourth-order valence-electron chi connectivity index (χ4n) is 5.27. The predicted molar refractivity (Wildman–Crippen MR) is 157 cm³/mol. The highest BCUT2D eigenvalue weighted by molar-refractivity contribution is 6.03. The summed E-state index contributed by atoms with van der Waals surface area (Å²) < 4.78 is 28.0. The highest BCUT2D eigenvalue weighted by Gasteiger charge is 2.32. The molecule has 1 aromatic heterocycles. The van der Waals surface area contributed by atoms with Gasteiger partial charge >= 0.3 is 0 Å². The Balaban J connectivity index is 1.45. The molecule has 0 saturated heterocycles. The fourth-order valence-corrected chi connectivity index (χ4v) is 5.27. The van der Waals surface area contributed by atoms with Gasteiger partial charge in [-0.05, 0) is 42.0 Å².